The summed E-state index contributed by atoms with van der Waals surface area (Å²) >= 11 is 0. The Kier molecular flexibility index (Phi) is 4.39. The molecule has 2 saturated heterocycles. The molecule has 3 unspecified atom stereocenters. The average Bonchev–Trinajstić information content (AvgIpc) is 3.04. The van der Waals surface area contributed by atoms with Crippen molar-refractivity contribution in [2.45, 2.75) is 51.1 Å². The van der Waals surface area contributed by atoms with Crippen LogP contribution in [0.2, 0.25) is 0 Å². The molecule has 0 aromatic heterocycles. The highest BCUT2D eigenvalue weighted by Gasteiger charge is 2.49. The highest BCUT2D eigenvalue weighted by Crippen LogP contribution is 2.41. The highest BCUT2D eigenvalue weighted by molar-refractivity contribution is 5.92. The molecule has 2 heterocycles. The van der Waals surface area contributed by atoms with E-state index in [1.807, 2.05) is 24.3 Å². The van der Waals surface area contributed by atoms with E-state index >= 15 is 0 Å². The monoisotopic (exact) mass is 316 g/mol. The first kappa shape index (κ1) is 16.0. The van der Waals surface area contributed by atoms with Gasteiger partial charge in [0.25, 0.3) is 0 Å². The smallest absolute Gasteiger partial charge is 0.308 e. The molecule has 5 heteroatoms. The minimum atomic E-state index is -0.730. The summed E-state index contributed by atoms with van der Waals surface area (Å²) in [5.41, 5.74) is 2.03. The summed E-state index contributed by atoms with van der Waals surface area (Å²) in [4.78, 5) is 25.6. The van der Waals surface area contributed by atoms with Crippen molar-refractivity contribution in [3.05, 3.63) is 29.8 Å². The molecule has 124 valence electrons. The van der Waals surface area contributed by atoms with Crippen LogP contribution in [0.3, 0.4) is 0 Å². The molecular formula is C18H24N2O3. The van der Waals surface area contributed by atoms with E-state index in [4.69, 9.17) is 0 Å². The largest absolute Gasteiger partial charge is 0.481 e. The van der Waals surface area contributed by atoms with Crippen LogP contribution in [0.15, 0.2) is 24.3 Å². The van der Waals surface area contributed by atoms with Crippen molar-refractivity contribution in [3.63, 3.8) is 0 Å². The lowest BCUT2D eigenvalue weighted by atomic mass is 9.89. The van der Waals surface area contributed by atoms with Crippen LogP contribution >= 0.6 is 0 Å². The van der Waals surface area contributed by atoms with Crippen LogP contribution in [0.5, 0.6) is 0 Å². The Morgan fingerprint density at radius 2 is 1.96 bits per heavy atom. The lowest BCUT2D eigenvalue weighted by Gasteiger charge is -2.22. The van der Waals surface area contributed by atoms with Gasteiger partial charge in [-0.25, -0.2) is 0 Å². The summed E-state index contributed by atoms with van der Waals surface area (Å²) in [6.07, 6.45) is 2.57. The van der Waals surface area contributed by atoms with Crippen LogP contribution in [0.25, 0.3) is 0 Å². The number of nitrogens with one attached hydrogen (secondary N) is 1. The third-order valence-corrected chi connectivity index (χ3v) is 5.19. The molecular weight excluding hydrogens is 292 g/mol. The number of carbonyl (C=O) groups is 2. The lowest BCUT2D eigenvalue weighted by molar-refractivity contribution is -0.142. The summed E-state index contributed by atoms with van der Waals surface area (Å²) in [6.45, 7) is 4.55. The Morgan fingerprint density at radius 3 is 2.52 bits per heavy atom. The molecule has 2 fully saturated rings. The summed E-state index contributed by atoms with van der Waals surface area (Å²) in [7, 11) is 0. The van der Waals surface area contributed by atoms with Crippen molar-refractivity contribution < 1.29 is 14.7 Å². The Bertz CT molecular complexity index is 597. The molecule has 2 N–H and O–H groups in total. The molecule has 2 aliphatic heterocycles. The number of hydrogen-bond acceptors (Lipinski definition) is 3. The van der Waals surface area contributed by atoms with Gasteiger partial charge in [-0.15, -0.1) is 0 Å². The second-order valence-corrected chi connectivity index (χ2v) is 6.98. The number of hydrogen-bond donors (Lipinski definition) is 2. The van der Waals surface area contributed by atoms with Gasteiger partial charge in [-0.05, 0) is 42.9 Å². The second kappa shape index (κ2) is 6.32. The molecule has 3 atom stereocenters. The Labute approximate surface area is 136 Å². The fraction of sp³-hybridized carbons (Fsp3) is 0.556. The van der Waals surface area contributed by atoms with E-state index in [1.54, 1.807) is 0 Å². The van der Waals surface area contributed by atoms with Crippen molar-refractivity contribution in [2.24, 2.45) is 5.92 Å². The van der Waals surface area contributed by atoms with Gasteiger partial charge in [0.2, 0.25) is 5.91 Å². The molecule has 5 nitrogen and oxygen atoms in total. The van der Waals surface area contributed by atoms with Gasteiger partial charge in [-0.1, -0.05) is 26.0 Å². The van der Waals surface area contributed by atoms with Crippen molar-refractivity contribution in [1.82, 2.24) is 4.90 Å². The maximum absolute atomic E-state index is 12.3. The summed E-state index contributed by atoms with van der Waals surface area (Å²) in [5.74, 6) is -0.642. The molecule has 2 aliphatic rings. The molecule has 1 aromatic carbocycles. The quantitative estimate of drug-likeness (QED) is 0.876. The first-order valence-electron chi connectivity index (χ1n) is 8.34. The van der Waals surface area contributed by atoms with Gasteiger partial charge in [0.1, 0.15) is 0 Å². The predicted molar refractivity (Wildman–Crippen MR) is 88.4 cm³/mol. The van der Waals surface area contributed by atoms with Gasteiger partial charge >= 0.3 is 5.97 Å². The predicted octanol–water partition coefficient (Wildman–Crippen LogP) is 2.69. The van der Waals surface area contributed by atoms with E-state index in [0.29, 0.717) is 12.3 Å². The van der Waals surface area contributed by atoms with Gasteiger partial charge in [0.05, 0.1) is 12.5 Å². The van der Waals surface area contributed by atoms with Crippen molar-refractivity contribution in [2.75, 3.05) is 11.9 Å². The van der Waals surface area contributed by atoms with E-state index in [0.717, 1.165) is 18.5 Å². The fourth-order valence-electron chi connectivity index (χ4n) is 3.93. The molecule has 0 saturated carbocycles. The number of fused-ring (bicyclic) bond motifs is 2. The van der Waals surface area contributed by atoms with Crippen molar-refractivity contribution in [3.8, 4) is 0 Å². The van der Waals surface area contributed by atoms with Gasteiger partial charge in [-0.2, -0.15) is 0 Å². The normalized spacial score (nSPS) is 26.7. The molecule has 3 rings (SSSR count). The number of amides is 1. The third-order valence-electron chi connectivity index (χ3n) is 5.19. The minimum Gasteiger partial charge on any atom is -0.481 e. The van der Waals surface area contributed by atoms with Gasteiger partial charge in [0, 0.05) is 17.8 Å². The first-order chi connectivity index (χ1) is 11.0. The van der Waals surface area contributed by atoms with Gasteiger partial charge in [0.15, 0.2) is 0 Å². The SMILES string of the molecule is CC(C)c1ccc(NC(=O)CN2C3CCC2C(C(=O)O)C3)cc1. The molecule has 23 heavy (non-hydrogen) atoms. The van der Waals surface area contributed by atoms with Crippen LogP contribution in [-0.2, 0) is 9.59 Å². The number of anilines is 1. The Balaban J connectivity index is 1.59. The van der Waals surface area contributed by atoms with Crippen LogP contribution in [0.4, 0.5) is 5.69 Å². The van der Waals surface area contributed by atoms with Gasteiger partial charge < -0.3 is 10.4 Å². The maximum atomic E-state index is 12.3. The second-order valence-electron chi connectivity index (χ2n) is 6.98. The van der Waals surface area contributed by atoms with Gasteiger partial charge in [-0.3, -0.25) is 14.5 Å². The van der Waals surface area contributed by atoms with E-state index < -0.39 is 5.97 Å². The zero-order valence-electron chi connectivity index (χ0n) is 13.7. The van der Waals surface area contributed by atoms with Crippen molar-refractivity contribution in [1.29, 1.82) is 0 Å². The molecule has 0 radical (unpaired) electrons. The lowest BCUT2D eigenvalue weighted by Crippen LogP contribution is -2.38. The number of carboxylic acids is 1. The number of rotatable bonds is 5. The number of nitrogens with zero attached hydrogens (tertiary/aromatic N) is 1. The van der Waals surface area contributed by atoms with Crippen LogP contribution in [0.1, 0.15) is 44.6 Å². The number of benzene rings is 1. The summed E-state index contributed by atoms with van der Waals surface area (Å²) in [6, 6.07) is 8.17. The minimum absolute atomic E-state index is 0.0200. The zero-order valence-corrected chi connectivity index (χ0v) is 13.7. The zero-order chi connectivity index (χ0) is 16.6. The standard InChI is InChI=1S/C18H24N2O3/c1-11(2)12-3-5-13(6-4-12)19-17(21)10-20-14-7-8-16(20)15(9-14)18(22)23/h3-6,11,14-16H,7-10H2,1-2H3,(H,19,21)(H,22,23). The van der Waals surface area contributed by atoms with E-state index in [2.05, 4.69) is 24.1 Å². The number of carbonyl (C=O) groups excluding carboxylic acids is 1. The molecule has 2 bridgehead atoms. The van der Waals surface area contributed by atoms with Crippen LogP contribution < -0.4 is 5.32 Å². The van der Waals surface area contributed by atoms with Crippen molar-refractivity contribution >= 4 is 17.6 Å². The Hall–Kier alpha value is -1.88. The first-order valence-corrected chi connectivity index (χ1v) is 8.34. The van der Waals surface area contributed by atoms with E-state index in [-0.39, 0.29) is 30.5 Å². The number of aliphatic carboxylic acids is 1. The van der Waals surface area contributed by atoms with Crippen LogP contribution in [0, 0.1) is 5.92 Å². The Morgan fingerprint density at radius 1 is 1.26 bits per heavy atom. The summed E-state index contributed by atoms with van der Waals surface area (Å²) in [5, 5.41) is 12.2. The molecule has 0 spiro atoms. The van der Waals surface area contributed by atoms with E-state index in [1.165, 1.54) is 5.56 Å². The fourth-order valence-corrected chi connectivity index (χ4v) is 3.93. The average molecular weight is 316 g/mol. The van der Waals surface area contributed by atoms with Crippen LogP contribution in [-0.4, -0.2) is 40.5 Å². The highest BCUT2D eigenvalue weighted by atomic mass is 16.4. The molecule has 0 aliphatic carbocycles. The number of carboxylic acid groups (broad SMARTS) is 1. The third kappa shape index (κ3) is 3.24. The van der Waals surface area contributed by atoms with E-state index in [9.17, 15) is 14.7 Å². The topological polar surface area (TPSA) is 69.6 Å². The molecule has 1 aromatic rings. The maximum Gasteiger partial charge on any atom is 0.308 e. The summed E-state index contributed by atoms with van der Waals surface area (Å²) < 4.78 is 0. The molecule has 1 amide bonds.